The molecule has 8 fully saturated rings. The van der Waals surface area contributed by atoms with E-state index in [4.69, 9.17) is 37.9 Å². The Morgan fingerprint density at radius 3 is 1.30 bits per heavy atom. The van der Waals surface area contributed by atoms with Crippen molar-refractivity contribution in [1.82, 2.24) is 39.6 Å². The highest BCUT2D eigenvalue weighted by molar-refractivity contribution is 6.02. The van der Waals surface area contributed by atoms with Gasteiger partial charge in [0.1, 0.15) is 65.5 Å². The van der Waals surface area contributed by atoms with Crippen LogP contribution in [-0.4, -0.2) is 235 Å². The number of nitrogens with one attached hydrogen (secondary N) is 5. The predicted molar refractivity (Wildman–Crippen MR) is 569 cm³/mol. The average molecular weight is 1970 g/mol. The number of nitrogens with zero attached hydrogens (tertiary/aromatic N) is 11. The number of anilines is 4. The molecule has 5 N–H and O–H groups in total. The van der Waals surface area contributed by atoms with E-state index in [0.717, 1.165) is 265 Å². The maximum absolute atomic E-state index is 12.7. The lowest BCUT2D eigenvalue weighted by molar-refractivity contribution is -0.131. The normalized spacial score (nSPS) is 17.2. The number of amides is 2. The molecule has 10 aromatic carbocycles. The fourth-order valence-corrected chi connectivity index (χ4v) is 20.2. The molecule has 0 spiro atoms. The molecule has 1 saturated carbocycles. The summed E-state index contributed by atoms with van der Waals surface area (Å²) in [6.45, 7) is 15.4. The number of carbonyl (C=O) groups excluding carboxylic acids is 2. The number of likely N-dealkylation sites (tertiary alicyclic amines) is 2. The van der Waals surface area contributed by atoms with Crippen LogP contribution >= 0.6 is 0 Å². The molecule has 7 aliphatic heterocycles. The van der Waals surface area contributed by atoms with E-state index in [0.29, 0.717) is 103 Å². The summed E-state index contributed by atoms with van der Waals surface area (Å²) in [5.41, 5.74) is 25.2. The van der Waals surface area contributed by atoms with Crippen molar-refractivity contribution >= 4 is 78.3 Å². The smallest absolute Gasteiger partial charge is 0.251 e. The molecule has 26 nitrogen and oxygen atoms in total. The summed E-state index contributed by atoms with van der Waals surface area (Å²) >= 11 is 0. The summed E-state index contributed by atoms with van der Waals surface area (Å²) in [5, 5.41) is 46.4. The van der Waals surface area contributed by atoms with Crippen LogP contribution in [0.4, 0.5) is 31.5 Å². The summed E-state index contributed by atoms with van der Waals surface area (Å²) < 4.78 is 71.1. The van der Waals surface area contributed by atoms with Crippen LogP contribution in [0.5, 0.6) is 17.2 Å². The van der Waals surface area contributed by atoms with E-state index in [1.54, 1.807) is 11.1 Å². The number of likely N-dealkylation sites (N-methyl/N-ethyl adjacent to an activating group) is 1. The number of nitriles is 4. The number of aromatic nitrogens is 5. The van der Waals surface area contributed by atoms with Gasteiger partial charge in [-0.2, -0.15) is 21.0 Å². The van der Waals surface area contributed by atoms with Crippen LogP contribution in [0.25, 0.3) is 122 Å². The second-order valence-corrected chi connectivity index (χ2v) is 38.6. The lowest BCUT2D eigenvalue weighted by atomic mass is 9.99. The van der Waals surface area contributed by atoms with Gasteiger partial charge in [0.05, 0.1) is 106 Å². The van der Waals surface area contributed by atoms with Gasteiger partial charge in [-0.05, 0) is 247 Å². The molecule has 2 amide bonds. The SMILES string of the molecule is CN(C)CC(=O)N1CC[C@@H](Oc2ccc(-c3cccc4[nH]c(-c5ccc(N6CCOCC6)cc5)cc34)cc2C#N)C1.N#Cc1cc(-c2cccc3[nH]c(-c4ccc(N5CCOCC5)cc4)cc23)ccc1O[C@@H]1CCN(CC(F)F)C1.N#Cc1cc(-c2cccc3[nH]c(C#CC4CCOCC4)cc23)ccc1OC1CCOCC1.N#Cc1cc(-c2ccnc3[nH]c(-c4ccc(N5CCOCC5)cc4)cc23)ccc1NC(=O)C1CC1. The lowest BCUT2D eigenvalue weighted by Gasteiger charge is -2.28. The van der Waals surface area contributed by atoms with Crippen LogP contribution in [0.2, 0.25) is 0 Å². The number of hydrogen-bond acceptors (Lipinski definition) is 20. The molecule has 28 heteroatoms. The number of fused-ring (bicyclic) bond motifs is 4. The van der Waals surface area contributed by atoms with Crippen LogP contribution in [0.3, 0.4) is 0 Å². The average Bonchev–Trinajstić information content (AvgIpc) is 1.66. The van der Waals surface area contributed by atoms with Crippen molar-refractivity contribution in [3.63, 3.8) is 0 Å². The zero-order valence-electron chi connectivity index (χ0n) is 82.5. The highest BCUT2D eigenvalue weighted by Crippen LogP contribution is 2.43. The Hall–Kier alpha value is -15.7. The van der Waals surface area contributed by atoms with E-state index in [1.165, 1.54) is 17.1 Å². The van der Waals surface area contributed by atoms with E-state index >= 15 is 0 Å². The fraction of sp³-hybridized carbons (Fsp3) is 0.319. The topological polar surface area (TPSA) is 311 Å². The van der Waals surface area contributed by atoms with Gasteiger partial charge in [-0.15, -0.1) is 0 Å². The third-order valence-corrected chi connectivity index (χ3v) is 28.3. The van der Waals surface area contributed by atoms with Crippen molar-refractivity contribution in [2.45, 2.75) is 76.1 Å². The van der Waals surface area contributed by atoms with Crippen LogP contribution in [0.1, 0.15) is 79.3 Å². The van der Waals surface area contributed by atoms with Crippen LogP contribution in [0.15, 0.2) is 237 Å². The van der Waals surface area contributed by atoms with Gasteiger partial charge in [0.2, 0.25) is 11.8 Å². The van der Waals surface area contributed by atoms with Crippen LogP contribution in [-0.2, 0) is 33.3 Å². The van der Waals surface area contributed by atoms with Gasteiger partial charge in [0.25, 0.3) is 6.43 Å². The first-order chi connectivity index (χ1) is 72.0. The third-order valence-electron chi connectivity index (χ3n) is 28.3. The molecule has 746 valence electrons. The predicted octanol–water partition coefficient (Wildman–Crippen LogP) is 20.7. The molecule has 0 bridgehead atoms. The number of ether oxygens (including phenoxy) is 8. The number of morpholine rings is 3. The Kier molecular flexibility index (Phi) is 31.0. The first kappa shape index (κ1) is 98.7. The number of hydrogen-bond donors (Lipinski definition) is 5. The molecule has 0 radical (unpaired) electrons. The maximum Gasteiger partial charge on any atom is 0.251 e. The molecule has 5 aromatic heterocycles. The summed E-state index contributed by atoms with van der Waals surface area (Å²) in [5.74, 6) is 8.99. The Morgan fingerprint density at radius 2 is 0.830 bits per heavy atom. The molecule has 23 rings (SSSR count). The molecule has 15 aromatic rings. The molecule has 7 saturated heterocycles. The van der Waals surface area contributed by atoms with Crippen LogP contribution < -0.4 is 34.2 Å². The minimum Gasteiger partial charge on any atom is -0.489 e. The van der Waals surface area contributed by atoms with Gasteiger partial charge in [0, 0.05) is 182 Å². The van der Waals surface area contributed by atoms with Gasteiger partial charge in [-0.3, -0.25) is 14.5 Å². The number of pyridine rings is 1. The van der Waals surface area contributed by atoms with Gasteiger partial charge < -0.3 is 87.6 Å². The Morgan fingerprint density at radius 1 is 0.422 bits per heavy atom. The van der Waals surface area contributed by atoms with Crippen molar-refractivity contribution in [1.29, 1.82) is 21.0 Å². The Labute approximate surface area is 853 Å². The van der Waals surface area contributed by atoms with Crippen molar-refractivity contribution in [3.05, 3.63) is 265 Å². The van der Waals surface area contributed by atoms with Crippen molar-refractivity contribution in [3.8, 4) is 132 Å². The Balaban J connectivity index is 0.000000119. The monoisotopic (exact) mass is 1970 g/mol. The fourth-order valence-electron chi connectivity index (χ4n) is 20.2. The van der Waals surface area contributed by atoms with Gasteiger partial charge >= 0.3 is 0 Å². The van der Waals surface area contributed by atoms with Crippen molar-refractivity contribution < 1.29 is 56.3 Å². The Bertz CT molecular complexity index is 7470. The number of alkyl halides is 2. The number of carbonyl (C=O) groups is 2. The van der Waals surface area contributed by atoms with E-state index in [-0.39, 0.29) is 42.6 Å². The first-order valence-corrected chi connectivity index (χ1v) is 50.8. The largest absolute Gasteiger partial charge is 0.489 e. The van der Waals surface area contributed by atoms with Gasteiger partial charge in [-0.25, -0.2) is 13.8 Å². The third kappa shape index (κ3) is 23.8. The van der Waals surface area contributed by atoms with E-state index in [9.17, 15) is 39.4 Å². The number of H-pyrrole nitrogens is 4. The molecule has 12 heterocycles. The summed E-state index contributed by atoms with van der Waals surface area (Å²) in [4.78, 5) is 55.6. The van der Waals surface area contributed by atoms with Crippen molar-refractivity contribution in [2.24, 2.45) is 11.8 Å². The lowest BCUT2D eigenvalue weighted by Crippen LogP contribution is -2.37. The van der Waals surface area contributed by atoms with Gasteiger partial charge in [-0.1, -0.05) is 103 Å². The second kappa shape index (κ2) is 46.2. The standard InChI is InChI=1S/C33H35N5O3.C31H30F2N4O2.C28H25N5O2.C27H26N2O3/c1-36(2)22-33(39)38-13-12-27(21-38)41-32-11-8-24(18-25(32)20-34)28-4-3-5-30-29(28)19-31(35-30)23-6-9-26(10-7-23)37-14-16-40-17-15-37;32-31(33)20-36-11-10-25(19-36)39-30-9-6-22(16-23(30)18-34)26-2-1-3-28-27(26)17-29(35-28)21-4-7-24(8-5-21)37-12-14-38-15-13-37;29-17-21-15-20(5-8-25(21)32-28(34)19-1-2-19)23-9-10-30-27-24(23)16-26(31-27)18-3-6-22(7-4-18)33-11-13-35-14-12-33;28-18-21-16-20(5-7-27(21)32-23-10-14-31-15-11-23)24-2-1-3-26-25(24)17-22(29-26)6-4-19-8-12-30-13-9-19/h3-11,18-19,27,35H,12-17,21-22H2,1-2H3;1-9,16-17,25,31,35H,10-15,19-20H2;3-10,15-16,19H,1-2,11-14H2,(H,30,31)(H,32,34);1-3,5,7,16-17,19,23,29H,8-15H2/t27-;25-;;/m11../s1. The number of aromatic amines is 4. The van der Waals surface area contributed by atoms with Crippen LogP contribution in [0, 0.1) is 69.0 Å². The van der Waals surface area contributed by atoms with E-state index < -0.39 is 6.43 Å². The maximum atomic E-state index is 12.7. The van der Waals surface area contributed by atoms with E-state index in [2.05, 4.69) is 215 Å². The summed E-state index contributed by atoms with van der Waals surface area (Å²) in [7, 11) is 3.78. The summed E-state index contributed by atoms with van der Waals surface area (Å²) in [6.07, 6.45) is 6.16. The highest BCUT2D eigenvalue weighted by atomic mass is 19.3. The summed E-state index contributed by atoms with van der Waals surface area (Å²) in [6, 6.07) is 86.8. The minimum absolute atomic E-state index is 0.00420. The molecule has 0 unspecified atom stereocenters. The quantitative estimate of drug-likeness (QED) is 0.0394. The zero-order valence-corrected chi connectivity index (χ0v) is 82.5. The minimum atomic E-state index is -2.36. The van der Waals surface area contributed by atoms with E-state index in [1.807, 2.05) is 121 Å². The molecule has 147 heavy (non-hydrogen) atoms. The number of benzene rings is 10. The number of halogens is 2. The molecule has 2 atom stereocenters. The van der Waals surface area contributed by atoms with Crippen molar-refractivity contribution in [2.75, 3.05) is 179 Å². The molecule has 8 aliphatic rings. The molecular weight excluding hydrogens is 1850 g/mol. The number of rotatable bonds is 22. The highest BCUT2D eigenvalue weighted by Gasteiger charge is 2.33. The first-order valence-electron chi connectivity index (χ1n) is 50.8. The zero-order chi connectivity index (χ0) is 101. The molecular formula is C119H116F2N16O10. The molecule has 1 aliphatic carbocycles. The van der Waals surface area contributed by atoms with Gasteiger partial charge in [0.15, 0.2) is 0 Å². The second-order valence-electron chi connectivity index (χ2n) is 38.6.